The fourth-order valence-electron chi connectivity index (χ4n) is 1.75. The number of para-hydroxylation sites is 1. The molecule has 4 heteroatoms. The molecular weight excluding hydrogens is 252 g/mol. The lowest BCUT2D eigenvalue weighted by Gasteiger charge is -2.30. The highest BCUT2D eigenvalue weighted by molar-refractivity contribution is 5.78. The molecule has 0 aromatic heterocycles. The van der Waals surface area contributed by atoms with E-state index < -0.39 is 10.9 Å². The Morgan fingerprint density at radius 2 is 1.50 bits per heavy atom. The van der Waals surface area contributed by atoms with E-state index in [0.717, 1.165) is 5.69 Å². The van der Waals surface area contributed by atoms with Gasteiger partial charge in [-0.3, -0.25) is 9.59 Å². The van der Waals surface area contributed by atoms with Crippen molar-refractivity contribution in [1.29, 1.82) is 0 Å². The van der Waals surface area contributed by atoms with Crippen molar-refractivity contribution >= 4 is 17.1 Å². The minimum absolute atomic E-state index is 0.00374. The second-order valence-corrected chi connectivity index (χ2v) is 6.13. The molecule has 2 N–H and O–H groups in total. The van der Waals surface area contributed by atoms with Crippen LogP contribution in [0.25, 0.3) is 0 Å². The average molecular weight is 272 g/mol. The average Bonchev–Trinajstić information content (AvgIpc) is 2.42. The Bertz CT molecular complexity index is 662. The van der Waals surface area contributed by atoms with E-state index in [1.807, 2.05) is 37.3 Å². The summed E-state index contributed by atoms with van der Waals surface area (Å²) in [4.78, 5) is 23.4. The highest BCUT2D eigenvalue weighted by Gasteiger charge is 2.26. The van der Waals surface area contributed by atoms with Crippen molar-refractivity contribution in [1.82, 2.24) is 0 Å². The van der Waals surface area contributed by atoms with E-state index in [4.69, 9.17) is 0 Å². The number of hydrogen-bond acceptors (Lipinski definition) is 4. The van der Waals surface area contributed by atoms with E-state index in [2.05, 4.69) is 31.4 Å². The van der Waals surface area contributed by atoms with Crippen LogP contribution in [0.1, 0.15) is 27.7 Å². The van der Waals surface area contributed by atoms with Gasteiger partial charge in [-0.25, -0.2) is 0 Å². The van der Waals surface area contributed by atoms with Crippen LogP contribution in [0.5, 0.6) is 0 Å². The molecule has 0 aliphatic heterocycles. The maximum Gasteiger partial charge on any atom is 0.253 e. The van der Waals surface area contributed by atoms with Gasteiger partial charge in [-0.2, -0.15) is 0 Å². The molecule has 0 spiro atoms. The molecule has 1 atom stereocenters. The first-order chi connectivity index (χ1) is 9.30. The third-order valence-electron chi connectivity index (χ3n) is 3.61. The van der Waals surface area contributed by atoms with Gasteiger partial charge < -0.3 is 10.6 Å². The quantitative estimate of drug-likeness (QED) is 0.840. The molecule has 2 aromatic carbocycles. The molecule has 0 heterocycles. The Hall–Kier alpha value is -2.10. The van der Waals surface area contributed by atoms with Crippen LogP contribution in [-0.2, 0) is 0 Å². The van der Waals surface area contributed by atoms with Crippen LogP contribution in [0.3, 0.4) is 0 Å². The predicted octanol–water partition coefficient (Wildman–Crippen LogP) is 2.87. The molecule has 0 unspecified atom stereocenters. The molecule has 0 saturated heterocycles. The number of benzene rings is 1. The van der Waals surface area contributed by atoms with Gasteiger partial charge in [-0.1, -0.05) is 39.0 Å². The summed E-state index contributed by atoms with van der Waals surface area (Å²) < 4.78 is 0. The molecule has 2 rings (SSSR count). The van der Waals surface area contributed by atoms with Crippen molar-refractivity contribution in [3.05, 3.63) is 50.8 Å². The van der Waals surface area contributed by atoms with Gasteiger partial charge in [0.15, 0.2) is 0 Å². The Kier molecular flexibility index (Phi) is 3.66. The molecule has 106 valence electrons. The molecule has 0 fully saturated rings. The summed E-state index contributed by atoms with van der Waals surface area (Å²) in [6, 6.07) is 9.44. The predicted molar refractivity (Wildman–Crippen MR) is 83.6 cm³/mol. The number of rotatable bonds is 4. The van der Waals surface area contributed by atoms with Gasteiger partial charge in [-0.05, 0) is 24.5 Å². The van der Waals surface area contributed by atoms with E-state index >= 15 is 0 Å². The van der Waals surface area contributed by atoms with Gasteiger partial charge >= 0.3 is 0 Å². The summed E-state index contributed by atoms with van der Waals surface area (Å²) in [6.45, 7) is 8.25. The van der Waals surface area contributed by atoms with Crippen LogP contribution in [-0.4, -0.2) is 6.04 Å². The largest absolute Gasteiger partial charge is 0.377 e. The molecule has 0 aliphatic carbocycles. The first-order valence-corrected chi connectivity index (χ1v) is 6.72. The summed E-state index contributed by atoms with van der Waals surface area (Å²) >= 11 is 0. The molecule has 0 saturated carbocycles. The lowest BCUT2D eigenvalue weighted by atomic mass is 9.87. The van der Waals surface area contributed by atoms with Crippen LogP contribution >= 0.6 is 0 Å². The van der Waals surface area contributed by atoms with Crippen LogP contribution in [0.4, 0.5) is 17.1 Å². The summed E-state index contributed by atoms with van der Waals surface area (Å²) in [5, 5.41) is 6.17. The molecule has 4 nitrogen and oxygen atoms in total. The van der Waals surface area contributed by atoms with Crippen molar-refractivity contribution in [2.24, 2.45) is 5.41 Å². The van der Waals surface area contributed by atoms with Crippen LogP contribution < -0.4 is 21.5 Å². The molecule has 2 aromatic rings. The SMILES string of the molecule is C[C@@H](Nc1c(Nc2ccccc2)c(=O)c1=O)C(C)(C)C. The molecule has 0 bridgehead atoms. The lowest BCUT2D eigenvalue weighted by Crippen LogP contribution is -2.41. The lowest BCUT2D eigenvalue weighted by molar-refractivity contribution is 0.359. The topological polar surface area (TPSA) is 58.2 Å². The van der Waals surface area contributed by atoms with Crippen LogP contribution in [0, 0.1) is 5.41 Å². The number of anilines is 3. The van der Waals surface area contributed by atoms with Crippen molar-refractivity contribution in [2.45, 2.75) is 33.7 Å². The zero-order chi connectivity index (χ0) is 14.9. The second-order valence-electron chi connectivity index (χ2n) is 6.13. The Labute approximate surface area is 118 Å². The summed E-state index contributed by atoms with van der Waals surface area (Å²) in [5.41, 5.74) is 0.644. The fraction of sp³-hybridized carbons (Fsp3) is 0.375. The number of hydrogen-bond donors (Lipinski definition) is 2. The van der Waals surface area contributed by atoms with Gasteiger partial charge in [0.05, 0.1) is 0 Å². The normalized spacial score (nSPS) is 13.2. The van der Waals surface area contributed by atoms with E-state index in [0.29, 0.717) is 11.4 Å². The second kappa shape index (κ2) is 5.12. The van der Waals surface area contributed by atoms with Gasteiger partial charge in [0.2, 0.25) is 0 Å². The maximum atomic E-state index is 11.7. The summed E-state index contributed by atoms with van der Waals surface area (Å²) in [6.07, 6.45) is 0. The van der Waals surface area contributed by atoms with E-state index in [1.165, 1.54) is 0 Å². The van der Waals surface area contributed by atoms with Crippen LogP contribution in [0.15, 0.2) is 39.9 Å². The zero-order valence-electron chi connectivity index (χ0n) is 12.3. The van der Waals surface area contributed by atoms with Gasteiger partial charge in [-0.15, -0.1) is 0 Å². The molecule has 0 amide bonds. The van der Waals surface area contributed by atoms with Gasteiger partial charge in [0.25, 0.3) is 10.9 Å². The first-order valence-electron chi connectivity index (χ1n) is 6.72. The zero-order valence-corrected chi connectivity index (χ0v) is 12.3. The van der Waals surface area contributed by atoms with Gasteiger partial charge in [0.1, 0.15) is 11.4 Å². The first kappa shape index (κ1) is 14.3. The van der Waals surface area contributed by atoms with E-state index in [-0.39, 0.29) is 11.5 Å². The van der Waals surface area contributed by atoms with Gasteiger partial charge in [0, 0.05) is 11.7 Å². The standard InChI is InChI=1S/C16H20N2O2/c1-10(16(2,3)4)17-12-13(15(20)14(12)19)18-11-8-6-5-7-9-11/h5-10,17-18H,1-4H3/t10-/m1/s1. The third kappa shape index (κ3) is 2.74. The Morgan fingerprint density at radius 3 is 2.05 bits per heavy atom. The van der Waals surface area contributed by atoms with Crippen molar-refractivity contribution in [2.75, 3.05) is 10.6 Å². The molecule has 0 radical (unpaired) electrons. The third-order valence-corrected chi connectivity index (χ3v) is 3.61. The van der Waals surface area contributed by atoms with Crippen molar-refractivity contribution < 1.29 is 0 Å². The Morgan fingerprint density at radius 1 is 0.950 bits per heavy atom. The maximum absolute atomic E-state index is 11.7. The minimum atomic E-state index is -0.461. The van der Waals surface area contributed by atoms with Crippen LogP contribution in [0.2, 0.25) is 0 Å². The number of nitrogens with one attached hydrogen (secondary N) is 2. The van der Waals surface area contributed by atoms with Crippen molar-refractivity contribution in [3.63, 3.8) is 0 Å². The summed E-state index contributed by atoms with van der Waals surface area (Å²) in [5.74, 6) is 0. The van der Waals surface area contributed by atoms with E-state index in [1.54, 1.807) is 0 Å². The molecule has 0 aliphatic rings. The van der Waals surface area contributed by atoms with E-state index in [9.17, 15) is 9.59 Å². The monoisotopic (exact) mass is 272 g/mol. The smallest absolute Gasteiger partial charge is 0.253 e. The minimum Gasteiger partial charge on any atom is -0.377 e. The molecular formula is C16H20N2O2. The molecule has 20 heavy (non-hydrogen) atoms. The van der Waals surface area contributed by atoms with Crippen molar-refractivity contribution in [3.8, 4) is 0 Å². The summed E-state index contributed by atoms with van der Waals surface area (Å²) in [7, 11) is 0. The fourth-order valence-corrected chi connectivity index (χ4v) is 1.75. The highest BCUT2D eigenvalue weighted by Crippen LogP contribution is 2.26. The Balaban J connectivity index is 2.22. The highest BCUT2D eigenvalue weighted by atomic mass is 16.2.